The number of hydrogen-bond acceptors (Lipinski definition) is 8. The Bertz CT molecular complexity index is 1930. The third-order valence-electron chi connectivity index (χ3n) is 9.48. The normalized spacial score (nSPS) is 17.4. The molecule has 0 spiro atoms. The zero-order chi connectivity index (χ0) is 33.9. The minimum absolute atomic E-state index is 0.0915. The van der Waals surface area contributed by atoms with Crippen molar-refractivity contribution < 1.29 is 9.59 Å². The number of likely N-dealkylation sites (tertiary alicyclic amines) is 2. The molecule has 6 aromatic rings. The number of nitrogens with zero attached hydrogens (tertiary/aromatic N) is 8. The summed E-state index contributed by atoms with van der Waals surface area (Å²) in [7, 11) is 0. The van der Waals surface area contributed by atoms with Crippen LogP contribution in [0.3, 0.4) is 0 Å². The molecule has 0 aliphatic carbocycles. The Morgan fingerprint density at radius 3 is 1.34 bits per heavy atom. The molecule has 0 bridgehead atoms. The van der Waals surface area contributed by atoms with Crippen LogP contribution in [0.25, 0.3) is 34.2 Å². The van der Waals surface area contributed by atoms with Crippen LogP contribution in [0.4, 0.5) is 0 Å². The molecule has 2 aromatic carbocycles. The summed E-state index contributed by atoms with van der Waals surface area (Å²) in [5.41, 5.74) is 5.95. The number of imidazole rings is 2. The second-order valence-electron chi connectivity index (χ2n) is 12.8. The van der Waals surface area contributed by atoms with Gasteiger partial charge in [-0.25, -0.2) is 9.97 Å². The summed E-state index contributed by atoms with van der Waals surface area (Å²) < 4.78 is 0. The molecule has 2 aliphatic heterocycles. The zero-order valence-electron chi connectivity index (χ0n) is 27.4. The number of aromatic amines is 2. The van der Waals surface area contributed by atoms with Gasteiger partial charge >= 0.3 is 0 Å². The lowest BCUT2D eigenvalue weighted by Crippen LogP contribution is -2.32. The molecule has 2 saturated heterocycles. The molecule has 50 heavy (non-hydrogen) atoms. The maximum absolute atomic E-state index is 13.1. The topological polar surface area (TPSA) is 150 Å². The molecule has 4 aromatic heterocycles. The van der Waals surface area contributed by atoms with E-state index in [1.54, 1.807) is 37.2 Å². The van der Waals surface area contributed by atoms with Crippen LogP contribution in [-0.2, 0) is 22.4 Å². The first-order valence-electron chi connectivity index (χ1n) is 17.0. The molecule has 1 unspecified atom stereocenters. The summed E-state index contributed by atoms with van der Waals surface area (Å²) in [5.74, 6) is 1.72. The van der Waals surface area contributed by atoms with Gasteiger partial charge in [0.25, 0.3) is 0 Å². The van der Waals surface area contributed by atoms with Crippen LogP contribution in [0.1, 0.15) is 60.5 Å². The summed E-state index contributed by atoms with van der Waals surface area (Å²) in [6.07, 6.45) is 14.5. The highest BCUT2D eigenvalue weighted by Crippen LogP contribution is 2.33. The lowest BCUT2D eigenvalue weighted by Gasteiger charge is -2.23. The van der Waals surface area contributed by atoms with Crippen molar-refractivity contribution in [2.45, 2.75) is 50.6 Å². The van der Waals surface area contributed by atoms with Crippen molar-refractivity contribution in [2.24, 2.45) is 0 Å². The van der Waals surface area contributed by atoms with Crippen LogP contribution in [0.15, 0.2) is 97.8 Å². The van der Waals surface area contributed by atoms with Gasteiger partial charge < -0.3 is 19.8 Å². The standard InChI is InChI=1S/C38H36N10O2/c49-35(17-25-9-3-1-4-10-25)47-15-7-13-33(47)37-43-23-31(45-37)29-21-39-27(19-41-29)28-20-42-30(22-40-28)32-24-44-38(46-32)34-14-8-16-48(34)36(50)18-26-11-5-2-6-12-26/h1-6,9-12,19-24,33-34H,7-8,13-18H2,(H,43,45)(H,44,46)/t33-,34?/m0/s1. The molecule has 2 atom stereocenters. The fourth-order valence-corrected chi connectivity index (χ4v) is 6.91. The van der Waals surface area contributed by atoms with Crippen LogP contribution < -0.4 is 0 Å². The number of carbonyl (C=O) groups is 2. The van der Waals surface area contributed by atoms with Crippen molar-refractivity contribution in [3.05, 3.63) is 121 Å². The van der Waals surface area contributed by atoms with Crippen LogP contribution in [-0.4, -0.2) is 74.6 Å². The first kappa shape index (κ1) is 31.2. The van der Waals surface area contributed by atoms with Gasteiger partial charge in [-0.05, 0) is 36.8 Å². The fourth-order valence-electron chi connectivity index (χ4n) is 6.91. The summed E-state index contributed by atoms with van der Waals surface area (Å²) in [4.78, 5) is 64.5. The van der Waals surface area contributed by atoms with E-state index in [4.69, 9.17) is 0 Å². The molecule has 2 fully saturated rings. The van der Waals surface area contributed by atoms with Crippen molar-refractivity contribution in [2.75, 3.05) is 13.1 Å². The van der Waals surface area contributed by atoms with E-state index in [1.807, 2.05) is 70.5 Å². The number of nitrogens with one attached hydrogen (secondary N) is 2. The van der Waals surface area contributed by atoms with Crippen molar-refractivity contribution in [1.29, 1.82) is 0 Å². The Morgan fingerprint density at radius 2 is 0.940 bits per heavy atom. The second-order valence-corrected chi connectivity index (χ2v) is 12.8. The van der Waals surface area contributed by atoms with Crippen LogP contribution in [0, 0.1) is 0 Å². The van der Waals surface area contributed by atoms with E-state index in [1.165, 1.54) is 0 Å². The highest BCUT2D eigenvalue weighted by atomic mass is 16.2. The van der Waals surface area contributed by atoms with Gasteiger partial charge in [0.05, 0.1) is 73.5 Å². The number of carbonyl (C=O) groups excluding carboxylic acids is 2. The van der Waals surface area contributed by atoms with Crippen LogP contribution >= 0.6 is 0 Å². The predicted octanol–water partition coefficient (Wildman–Crippen LogP) is 5.53. The quantitative estimate of drug-likeness (QED) is 0.205. The number of H-pyrrole nitrogens is 2. The van der Waals surface area contributed by atoms with E-state index in [0.29, 0.717) is 35.6 Å². The molecular weight excluding hydrogens is 628 g/mol. The molecule has 8 rings (SSSR count). The molecule has 12 heteroatoms. The molecular formula is C38H36N10O2. The van der Waals surface area contributed by atoms with Crippen LogP contribution in [0.2, 0.25) is 0 Å². The Morgan fingerprint density at radius 1 is 0.540 bits per heavy atom. The third kappa shape index (κ3) is 6.51. The summed E-state index contributed by atoms with van der Waals surface area (Å²) in [6, 6.07) is 19.5. The van der Waals surface area contributed by atoms with E-state index in [-0.39, 0.29) is 23.9 Å². The molecule has 0 radical (unpaired) electrons. The lowest BCUT2D eigenvalue weighted by molar-refractivity contribution is -0.132. The Kier molecular flexibility index (Phi) is 8.64. The average Bonchev–Trinajstić information content (AvgIpc) is 3.99. The number of amides is 2. The minimum atomic E-state index is -0.0915. The smallest absolute Gasteiger partial charge is 0.227 e. The maximum Gasteiger partial charge on any atom is 0.227 e. The van der Waals surface area contributed by atoms with Gasteiger partial charge in [-0.2, -0.15) is 0 Å². The predicted molar refractivity (Wildman–Crippen MR) is 186 cm³/mol. The van der Waals surface area contributed by atoms with E-state index in [2.05, 4.69) is 39.9 Å². The fraction of sp³-hybridized carbons (Fsp3) is 0.263. The lowest BCUT2D eigenvalue weighted by atomic mass is 10.1. The maximum atomic E-state index is 13.1. The molecule has 6 heterocycles. The van der Waals surface area contributed by atoms with E-state index in [9.17, 15) is 9.59 Å². The van der Waals surface area contributed by atoms with Gasteiger partial charge in [0, 0.05) is 13.1 Å². The summed E-state index contributed by atoms with van der Waals surface area (Å²) >= 11 is 0. The molecule has 250 valence electrons. The molecule has 12 nitrogen and oxygen atoms in total. The second kappa shape index (κ2) is 13.8. The Hall–Kier alpha value is -6.04. The molecule has 2 aliphatic rings. The molecule has 2 amide bonds. The zero-order valence-corrected chi connectivity index (χ0v) is 27.4. The van der Waals surface area contributed by atoms with E-state index >= 15 is 0 Å². The van der Waals surface area contributed by atoms with Crippen molar-refractivity contribution in [3.8, 4) is 34.2 Å². The van der Waals surface area contributed by atoms with Gasteiger partial charge in [-0.1, -0.05) is 60.7 Å². The van der Waals surface area contributed by atoms with E-state index < -0.39 is 0 Å². The van der Waals surface area contributed by atoms with Gasteiger partial charge in [0.15, 0.2) is 0 Å². The van der Waals surface area contributed by atoms with Crippen molar-refractivity contribution in [3.63, 3.8) is 0 Å². The minimum Gasteiger partial charge on any atom is -0.339 e. The van der Waals surface area contributed by atoms with Gasteiger partial charge in [-0.15, -0.1) is 0 Å². The van der Waals surface area contributed by atoms with Crippen molar-refractivity contribution in [1.82, 2.24) is 49.7 Å². The number of benzene rings is 2. The van der Waals surface area contributed by atoms with Gasteiger partial charge in [0.2, 0.25) is 11.8 Å². The van der Waals surface area contributed by atoms with Gasteiger partial charge in [0.1, 0.15) is 34.4 Å². The Balaban J connectivity index is 0.910. The van der Waals surface area contributed by atoms with Crippen molar-refractivity contribution >= 4 is 11.8 Å². The van der Waals surface area contributed by atoms with Crippen LogP contribution in [0.5, 0.6) is 0 Å². The highest BCUT2D eigenvalue weighted by Gasteiger charge is 2.33. The Labute approximate surface area is 289 Å². The van der Waals surface area contributed by atoms with Gasteiger partial charge in [-0.3, -0.25) is 29.5 Å². The third-order valence-corrected chi connectivity index (χ3v) is 9.48. The summed E-state index contributed by atoms with van der Waals surface area (Å²) in [6.45, 7) is 1.44. The number of hydrogen-bond donors (Lipinski definition) is 2. The molecule has 2 N–H and O–H groups in total. The molecule has 0 saturated carbocycles. The monoisotopic (exact) mass is 664 g/mol. The number of rotatable bonds is 9. The first-order chi connectivity index (χ1) is 24.6. The first-order valence-corrected chi connectivity index (χ1v) is 17.0. The van der Waals surface area contributed by atoms with E-state index in [0.717, 1.165) is 72.9 Å². The number of aromatic nitrogens is 8. The highest BCUT2D eigenvalue weighted by molar-refractivity contribution is 5.80. The summed E-state index contributed by atoms with van der Waals surface area (Å²) in [5, 5.41) is 0. The SMILES string of the molecule is O=C(Cc1ccccc1)N1CCCC1c1ncc(-c2cnc(-c3cnc(-c4cnc([C@@H]5CCCN5C(=O)Cc5ccccc5)[nH]4)cn3)cn2)[nH]1. The average molecular weight is 665 g/mol. The largest absolute Gasteiger partial charge is 0.339 e.